The highest BCUT2D eigenvalue weighted by Gasteiger charge is 2.19. The Balaban J connectivity index is 4.39. The van der Waals surface area contributed by atoms with Crippen molar-refractivity contribution in [1.29, 1.82) is 0 Å². The molecular weight excluding hydrogens is 1010 g/mol. The molecule has 0 rings (SSSR count). The second-order valence-electron chi connectivity index (χ2n) is 23.8. The summed E-state index contributed by atoms with van der Waals surface area (Å²) < 4.78 is 17.0. The van der Waals surface area contributed by atoms with Gasteiger partial charge in [-0.2, -0.15) is 0 Å². The maximum atomic E-state index is 13.0. The van der Waals surface area contributed by atoms with Crippen molar-refractivity contribution in [2.75, 3.05) is 13.2 Å². The van der Waals surface area contributed by atoms with E-state index < -0.39 is 6.10 Å². The van der Waals surface area contributed by atoms with Crippen molar-refractivity contribution < 1.29 is 28.6 Å². The van der Waals surface area contributed by atoms with E-state index in [1.54, 1.807) is 0 Å². The van der Waals surface area contributed by atoms with Crippen molar-refractivity contribution in [3.05, 3.63) is 85.1 Å². The van der Waals surface area contributed by atoms with Crippen LogP contribution in [0.4, 0.5) is 0 Å². The first-order chi connectivity index (χ1) is 40.5. The average Bonchev–Trinajstić information content (AvgIpc) is 3.47. The first-order valence-electron chi connectivity index (χ1n) is 35.6. The Bertz CT molecular complexity index is 1550. The first kappa shape index (κ1) is 78.6. The van der Waals surface area contributed by atoms with Crippen molar-refractivity contribution >= 4 is 17.9 Å². The van der Waals surface area contributed by atoms with Gasteiger partial charge in [0, 0.05) is 19.3 Å². The number of hydrogen-bond acceptors (Lipinski definition) is 6. The van der Waals surface area contributed by atoms with E-state index in [1.165, 1.54) is 212 Å². The quantitative estimate of drug-likeness (QED) is 0.0261. The second-order valence-corrected chi connectivity index (χ2v) is 23.8. The molecule has 1 atom stereocenters. The van der Waals surface area contributed by atoms with Crippen LogP contribution in [0.3, 0.4) is 0 Å². The summed E-state index contributed by atoms with van der Waals surface area (Å²) in [5.74, 6) is -0.874. The molecule has 0 aromatic carbocycles. The van der Waals surface area contributed by atoms with Gasteiger partial charge in [-0.3, -0.25) is 14.4 Å². The minimum absolute atomic E-state index is 0.0783. The lowest BCUT2D eigenvalue weighted by atomic mass is 10.0. The minimum Gasteiger partial charge on any atom is -0.462 e. The summed E-state index contributed by atoms with van der Waals surface area (Å²) >= 11 is 0. The fraction of sp³-hybridized carbons (Fsp3) is 0.776. The molecule has 0 N–H and O–H groups in total. The Hall–Kier alpha value is -3.41. The largest absolute Gasteiger partial charge is 0.462 e. The van der Waals surface area contributed by atoms with Crippen molar-refractivity contribution in [2.45, 2.75) is 367 Å². The normalized spacial score (nSPS) is 12.6. The van der Waals surface area contributed by atoms with E-state index in [-0.39, 0.29) is 31.1 Å². The molecule has 0 spiro atoms. The van der Waals surface area contributed by atoms with E-state index in [0.29, 0.717) is 19.3 Å². The number of allylic oxidation sites excluding steroid dienone is 14. The lowest BCUT2D eigenvalue weighted by Gasteiger charge is -2.18. The Labute approximate surface area is 509 Å². The number of esters is 3. The number of ether oxygens (including phenoxy) is 3. The fourth-order valence-corrected chi connectivity index (χ4v) is 10.3. The molecule has 0 radical (unpaired) electrons. The van der Waals surface area contributed by atoms with Crippen molar-refractivity contribution in [1.82, 2.24) is 0 Å². The number of hydrogen-bond donors (Lipinski definition) is 0. The molecule has 474 valence electrons. The Kier molecular flexibility index (Phi) is 67.2. The molecule has 0 aliphatic carbocycles. The van der Waals surface area contributed by atoms with Crippen molar-refractivity contribution in [3.8, 4) is 0 Å². The van der Waals surface area contributed by atoms with Crippen LogP contribution in [0.15, 0.2) is 85.1 Å². The minimum atomic E-state index is -0.785. The van der Waals surface area contributed by atoms with Crippen LogP contribution in [0.25, 0.3) is 0 Å². The van der Waals surface area contributed by atoms with Gasteiger partial charge >= 0.3 is 17.9 Å². The molecule has 6 heteroatoms. The predicted octanol–water partition coefficient (Wildman–Crippen LogP) is 24.6. The van der Waals surface area contributed by atoms with Gasteiger partial charge in [0.15, 0.2) is 6.10 Å². The zero-order valence-electron chi connectivity index (χ0n) is 54.5. The number of rotatable bonds is 65. The van der Waals surface area contributed by atoms with Crippen molar-refractivity contribution in [2.24, 2.45) is 0 Å². The standard InChI is InChI=1S/C76H134O6/c1-4-7-10-13-16-19-22-25-28-31-34-36-37-38-39-41-42-45-48-51-54-57-60-63-66-69-75(78)81-72-73(71-80-74(77)68-65-62-59-56-53-50-47-44-33-30-27-24-21-18-15-12-9-6-3)82-76(79)70-67-64-61-58-55-52-49-46-43-40-35-32-29-26-23-20-17-14-11-8-5-2/h7,10,16,19,25,28,32,34-36,38-39,42,45,73H,4-6,8-9,11-15,17-18,20-24,26-27,29-31,33,37,40-41,43-44,46-72H2,1-3H3/b10-7-,19-16-,28-25-,35-32-,36-34-,39-38-,45-42-. The summed E-state index contributed by atoms with van der Waals surface area (Å²) in [6.45, 7) is 6.57. The highest BCUT2D eigenvalue weighted by Crippen LogP contribution is 2.18. The molecule has 1 unspecified atom stereocenters. The van der Waals surface area contributed by atoms with Crippen LogP contribution in [0.2, 0.25) is 0 Å². The Morgan fingerprint density at radius 1 is 0.256 bits per heavy atom. The first-order valence-corrected chi connectivity index (χ1v) is 35.6. The van der Waals surface area contributed by atoms with E-state index in [9.17, 15) is 14.4 Å². The summed E-state index contributed by atoms with van der Waals surface area (Å²) in [6.07, 6.45) is 93.1. The Morgan fingerprint density at radius 2 is 0.476 bits per heavy atom. The molecule has 0 aromatic heterocycles. The third-order valence-electron chi connectivity index (χ3n) is 15.6. The maximum absolute atomic E-state index is 13.0. The van der Waals surface area contributed by atoms with Gasteiger partial charge in [-0.15, -0.1) is 0 Å². The van der Waals surface area contributed by atoms with Gasteiger partial charge in [-0.05, 0) is 96.3 Å². The van der Waals surface area contributed by atoms with Gasteiger partial charge in [0.1, 0.15) is 13.2 Å². The van der Waals surface area contributed by atoms with Gasteiger partial charge in [-0.25, -0.2) is 0 Å². The Morgan fingerprint density at radius 3 is 0.756 bits per heavy atom. The van der Waals surface area contributed by atoms with Crippen LogP contribution in [0.5, 0.6) is 0 Å². The third kappa shape index (κ3) is 67.4. The lowest BCUT2D eigenvalue weighted by Crippen LogP contribution is -2.30. The van der Waals surface area contributed by atoms with Crippen molar-refractivity contribution in [3.63, 3.8) is 0 Å². The van der Waals surface area contributed by atoms with Gasteiger partial charge < -0.3 is 14.2 Å². The van der Waals surface area contributed by atoms with Gasteiger partial charge in [0.2, 0.25) is 0 Å². The second kappa shape index (κ2) is 70.1. The SMILES string of the molecule is CC/C=C\C/C=C\C/C=C\C/C=C\C/C=C\C/C=C\CCCCCCCCC(=O)OCC(COC(=O)CCCCCCCCCCCCCCCCCCCC)OC(=O)CCCCCCCCCCC/C=C\CCCCCCCCCC. The van der Waals surface area contributed by atoms with E-state index in [0.717, 1.165) is 109 Å². The molecule has 0 heterocycles. The van der Waals surface area contributed by atoms with Gasteiger partial charge in [0.25, 0.3) is 0 Å². The van der Waals surface area contributed by atoms with E-state index in [1.807, 2.05) is 0 Å². The highest BCUT2D eigenvalue weighted by atomic mass is 16.6. The van der Waals surface area contributed by atoms with Crippen LogP contribution in [0, 0.1) is 0 Å². The predicted molar refractivity (Wildman–Crippen MR) is 358 cm³/mol. The van der Waals surface area contributed by atoms with Gasteiger partial charge in [0.05, 0.1) is 0 Å². The van der Waals surface area contributed by atoms with Crippen LogP contribution in [-0.4, -0.2) is 37.2 Å². The number of unbranched alkanes of at least 4 members (excludes halogenated alkanes) is 40. The number of carbonyl (C=O) groups excluding carboxylic acids is 3. The number of carbonyl (C=O) groups is 3. The molecule has 0 bridgehead atoms. The zero-order chi connectivity index (χ0) is 59.2. The molecular formula is C76H134O6. The molecule has 0 amide bonds. The monoisotopic (exact) mass is 1140 g/mol. The molecule has 0 aliphatic rings. The van der Waals surface area contributed by atoms with Crippen LogP contribution >= 0.6 is 0 Å². The van der Waals surface area contributed by atoms with E-state index >= 15 is 0 Å². The average molecular weight is 1140 g/mol. The molecule has 82 heavy (non-hydrogen) atoms. The molecule has 0 saturated heterocycles. The fourth-order valence-electron chi connectivity index (χ4n) is 10.3. The molecule has 0 aliphatic heterocycles. The van der Waals surface area contributed by atoms with E-state index in [2.05, 4.69) is 106 Å². The molecule has 0 aromatic rings. The summed E-state index contributed by atoms with van der Waals surface area (Å²) in [7, 11) is 0. The van der Waals surface area contributed by atoms with E-state index in [4.69, 9.17) is 14.2 Å². The summed E-state index contributed by atoms with van der Waals surface area (Å²) in [6, 6.07) is 0. The topological polar surface area (TPSA) is 78.9 Å². The third-order valence-corrected chi connectivity index (χ3v) is 15.6. The molecule has 0 saturated carbocycles. The maximum Gasteiger partial charge on any atom is 0.306 e. The highest BCUT2D eigenvalue weighted by molar-refractivity contribution is 5.71. The summed E-state index contributed by atoms with van der Waals surface area (Å²) in [5.41, 5.74) is 0. The van der Waals surface area contributed by atoms with Crippen LogP contribution in [0.1, 0.15) is 361 Å². The molecule has 6 nitrogen and oxygen atoms in total. The van der Waals surface area contributed by atoms with Gasteiger partial charge in [-0.1, -0.05) is 331 Å². The zero-order valence-corrected chi connectivity index (χ0v) is 54.5. The van der Waals surface area contributed by atoms with Crippen LogP contribution < -0.4 is 0 Å². The summed E-state index contributed by atoms with van der Waals surface area (Å²) in [4.78, 5) is 38.5. The molecule has 0 fully saturated rings. The van der Waals surface area contributed by atoms with Crippen LogP contribution in [-0.2, 0) is 28.6 Å². The summed E-state index contributed by atoms with van der Waals surface area (Å²) in [5, 5.41) is 0. The smallest absolute Gasteiger partial charge is 0.306 e. The lowest BCUT2D eigenvalue weighted by molar-refractivity contribution is -0.167.